The van der Waals surface area contributed by atoms with Gasteiger partial charge in [-0.25, -0.2) is 4.79 Å². The third-order valence-electron chi connectivity index (χ3n) is 0.919. The minimum absolute atomic E-state index is 0.186. The fraction of sp³-hybridized carbons (Fsp3) is 0.333. The third-order valence-corrected chi connectivity index (χ3v) is 0.919. The highest BCUT2D eigenvalue weighted by Gasteiger charge is 2.20. The molecule has 0 heterocycles. The average molecular weight is 159 g/mol. The van der Waals surface area contributed by atoms with Crippen LogP contribution < -0.4 is 0 Å². The number of esters is 1. The molecule has 0 aromatic rings. The van der Waals surface area contributed by atoms with Crippen LogP contribution >= 0.6 is 0 Å². The first kappa shape index (κ1) is 9.48. The monoisotopic (exact) mass is 159 g/mol. The Morgan fingerprint density at radius 3 is 2.36 bits per heavy atom. The standard InChI is InChI=1S/C6H9NO4/c1-4-7(9)5(10-2)6(8)11-3/h4H,1H2,2-3H3/b7-5+. The predicted octanol–water partition coefficient (Wildman–Crippen LogP) is -0.142. The summed E-state index contributed by atoms with van der Waals surface area (Å²) in [6.45, 7) is 3.15. The first-order valence-corrected chi connectivity index (χ1v) is 2.75. The highest BCUT2D eigenvalue weighted by molar-refractivity contribution is 6.30. The summed E-state index contributed by atoms with van der Waals surface area (Å²) in [5.41, 5.74) is 0. The lowest BCUT2D eigenvalue weighted by molar-refractivity contribution is -0.389. The average Bonchev–Trinajstić information content (AvgIpc) is 2.05. The van der Waals surface area contributed by atoms with Gasteiger partial charge < -0.3 is 14.7 Å². The summed E-state index contributed by atoms with van der Waals surface area (Å²) in [6, 6.07) is 0. The van der Waals surface area contributed by atoms with E-state index in [0.29, 0.717) is 0 Å². The molecule has 0 amide bonds. The summed E-state index contributed by atoms with van der Waals surface area (Å²) in [5.74, 6) is -1.27. The smallest absolute Gasteiger partial charge is 0.467 e. The molecule has 0 N–H and O–H groups in total. The maximum absolute atomic E-state index is 10.7. The number of hydrogen-bond donors (Lipinski definition) is 0. The summed E-state index contributed by atoms with van der Waals surface area (Å²) >= 11 is 0. The molecule has 0 bridgehead atoms. The number of ether oxygens (including phenoxy) is 2. The Bertz CT molecular complexity index is 197. The van der Waals surface area contributed by atoms with E-state index in [0.717, 1.165) is 13.3 Å². The van der Waals surface area contributed by atoms with Gasteiger partial charge in [-0.3, -0.25) is 0 Å². The molecule has 0 spiro atoms. The molecule has 0 atom stereocenters. The Hall–Kier alpha value is -1.52. The van der Waals surface area contributed by atoms with Crippen molar-refractivity contribution in [3.8, 4) is 0 Å². The highest BCUT2D eigenvalue weighted by atomic mass is 16.6. The number of hydrogen-bond acceptors (Lipinski definition) is 4. The van der Waals surface area contributed by atoms with Crippen LogP contribution in [0, 0.1) is 5.21 Å². The van der Waals surface area contributed by atoms with Gasteiger partial charge in [0.2, 0.25) is 0 Å². The Balaban J connectivity index is 4.64. The van der Waals surface area contributed by atoms with E-state index in [2.05, 4.69) is 16.1 Å². The molecule has 62 valence electrons. The topological polar surface area (TPSA) is 61.6 Å². The lowest BCUT2D eigenvalue weighted by Gasteiger charge is -2.01. The van der Waals surface area contributed by atoms with Crippen molar-refractivity contribution >= 4 is 11.9 Å². The molecule has 0 aliphatic carbocycles. The van der Waals surface area contributed by atoms with E-state index in [1.807, 2.05) is 0 Å². The van der Waals surface area contributed by atoms with Gasteiger partial charge in [-0.2, -0.15) is 0 Å². The second kappa shape index (κ2) is 4.32. The van der Waals surface area contributed by atoms with E-state index in [-0.39, 0.29) is 4.74 Å². The number of rotatable bonds is 1. The fourth-order valence-corrected chi connectivity index (χ4v) is 0.433. The number of methoxy groups -OCH3 is 2. The molecule has 0 rings (SSSR count). The molecular weight excluding hydrogens is 150 g/mol. The van der Waals surface area contributed by atoms with Gasteiger partial charge in [0.25, 0.3) is 0 Å². The zero-order valence-electron chi connectivity index (χ0n) is 6.36. The van der Waals surface area contributed by atoms with Crippen molar-refractivity contribution in [2.75, 3.05) is 14.2 Å². The molecule has 0 aliphatic heterocycles. The van der Waals surface area contributed by atoms with Crippen molar-refractivity contribution in [3.63, 3.8) is 0 Å². The summed E-state index contributed by atoms with van der Waals surface area (Å²) < 4.78 is 8.86. The molecule has 5 heteroatoms. The van der Waals surface area contributed by atoms with E-state index in [9.17, 15) is 10.0 Å². The zero-order chi connectivity index (χ0) is 8.85. The Labute approximate surface area is 64.1 Å². The summed E-state index contributed by atoms with van der Waals surface area (Å²) in [5, 5.41) is 10.7. The van der Waals surface area contributed by atoms with Crippen LogP contribution in [0.1, 0.15) is 0 Å². The Kier molecular flexibility index (Phi) is 3.72. The van der Waals surface area contributed by atoms with Crippen molar-refractivity contribution in [3.05, 3.63) is 18.0 Å². The van der Waals surface area contributed by atoms with Crippen LogP contribution in [0.3, 0.4) is 0 Å². The molecule has 0 fully saturated rings. The van der Waals surface area contributed by atoms with Crippen LogP contribution in [-0.4, -0.2) is 30.8 Å². The molecule has 0 radical (unpaired) electrons. The van der Waals surface area contributed by atoms with Gasteiger partial charge in [-0.05, 0) is 6.58 Å². The quantitative estimate of drug-likeness (QED) is 0.133. The van der Waals surface area contributed by atoms with Gasteiger partial charge in [0.15, 0.2) is 6.20 Å². The number of hydroxylamine groups is 1. The Morgan fingerprint density at radius 2 is 2.09 bits per heavy atom. The largest absolute Gasteiger partial charge is 0.616 e. The van der Waals surface area contributed by atoms with E-state index in [1.165, 1.54) is 7.11 Å². The molecule has 0 aromatic heterocycles. The minimum atomic E-state index is -0.831. The van der Waals surface area contributed by atoms with E-state index in [1.54, 1.807) is 0 Å². The summed E-state index contributed by atoms with van der Waals surface area (Å²) in [7, 11) is 2.35. The van der Waals surface area contributed by atoms with Gasteiger partial charge in [0.05, 0.1) is 14.2 Å². The van der Waals surface area contributed by atoms with E-state index < -0.39 is 11.9 Å². The van der Waals surface area contributed by atoms with Crippen LogP contribution in [0.2, 0.25) is 0 Å². The minimum Gasteiger partial charge on any atom is -0.616 e. The first-order chi connectivity index (χ1) is 5.17. The summed E-state index contributed by atoms with van der Waals surface area (Å²) in [6.07, 6.45) is 0.899. The molecule has 5 nitrogen and oxygen atoms in total. The molecule has 0 unspecified atom stereocenters. The van der Waals surface area contributed by atoms with Crippen LogP contribution in [-0.2, 0) is 14.3 Å². The first-order valence-electron chi connectivity index (χ1n) is 2.75. The van der Waals surface area contributed by atoms with Crippen LogP contribution in [0.25, 0.3) is 0 Å². The molecular formula is C6H9NO4. The maximum atomic E-state index is 10.7. The lowest BCUT2D eigenvalue weighted by Crippen LogP contribution is -2.24. The van der Waals surface area contributed by atoms with Crippen LogP contribution in [0.5, 0.6) is 0 Å². The van der Waals surface area contributed by atoms with Crippen molar-refractivity contribution < 1.29 is 19.0 Å². The van der Waals surface area contributed by atoms with E-state index in [4.69, 9.17) is 0 Å². The highest BCUT2D eigenvalue weighted by Crippen LogP contribution is 1.85. The van der Waals surface area contributed by atoms with Gasteiger partial charge in [-0.15, -0.1) is 4.74 Å². The van der Waals surface area contributed by atoms with Gasteiger partial charge in [0.1, 0.15) is 0 Å². The molecule has 0 aromatic carbocycles. The third kappa shape index (κ3) is 2.29. The molecule has 0 aliphatic rings. The maximum Gasteiger partial charge on any atom is 0.467 e. The van der Waals surface area contributed by atoms with Crippen molar-refractivity contribution in [1.82, 2.24) is 0 Å². The number of carbonyl (C=O) groups excluding carboxylic acids is 1. The zero-order valence-corrected chi connectivity index (χ0v) is 6.36. The molecule has 11 heavy (non-hydrogen) atoms. The lowest BCUT2D eigenvalue weighted by atomic mass is 10.6. The normalized spacial score (nSPS) is 11.5. The van der Waals surface area contributed by atoms with Crippen molar-refractivity contribution in [2.45, 2.75) is 0 Å². The second-order valence-electron chi connectivity index (χ2n) is 1.51. The van der Waals surface area contributed by atoms with Gasteiger partial charge in [-0.1, -0.05) is 0 Å². The van der Waals surface area contributed by atoms with Crippen LogP contribution in [0.15, 0.2) is 12.8 Å². The SMILES string of the molecule is C=C/[N+]([O-])=C(\OC)C(=O)OC. The predicted molar refractivity (Wildman–Crippen MR) is 37.9 cm³/mol. The van der Waals surface area contributed by atoms with Gasteiger partial charge in [0, 0.05) is 0 Å². The molecule has 0 saturated heterocycles. The van der Waals surface area contributed by atoms with Crippen molar-refractivity contribution in [1.29, 1.82) is 0 Å². The fourth-order valence-electron chi connectivity index (χ4n) is 0.433. The van der Waals surface area contributed by atoms with Gasteiger partial charge >= 0.3 is 11.9 Å². The van der Waals surface area contributed by atoms with Crippen LogP contribution in [0.4, 0.5) is 0 Å². The Morgan fingerprint density at radius 1 is 1.55 bits per heavy atom. The number of nitrogens with zero attached hydrogens (tertiary/aromatic N) is 1. The number of carbonyl (C=O) groups is 1. The second-order valence-corrected chi connectivity index (χ2v) is 1.51. The summed E-state index contributed by atoms with van der Waals surface area (Å²) in [4.78, 5) is 10.7. The van der Waals surface area contributed by atoms with E-state index >= 15 is 0 Å². The molecule has 0 saturated carbocycles. The van der Waals surface area contributed by atoms with Crippen molar-refractivity contribution in [2.24, 2.45) is 0 Å².